The molecule has 0 saturated heterocycles. The molecule has 1 aromatic rings. The van der Waals surface area contributed by atoms with Gasteiger partial charge in [-0.3, -0.25) is 0 Å². The molecule has 0 radical (unpaired) electrons. The Morgan fingerprint density at radius 1 is 1.69 bits per heavy atom. The van der Waals surface area contributed by atoms with E-state index in [9.17, 15) is 0 Å². The van der Waals surface area contributed by atoms with Crippen LogP contribution in [-0.2, 0) is 13.0 Å². The number of fused-ring (bicyclic) bond motifs is 1. The maximum absolute atomic E-state index is 4.42. The molecule has 1 atom stereocenters. The van der Waals surface area contributed by atoms with Gasteiger partial charge in [0.1, 0.15) is 5.82 Å². The molecule has 1 unspecified atom stereocenters. The highest BCUT2D eigenvalue weighted by Crippen LogP contribution is 2.20. The summed E-state index contributed by atoms with van der Waals surface area (Å²) in [4.78, 5) is 4.42. The van der Waals surface area contributed by atoms with E-state index >= 15 is 0 Å². The van der Waals surface area contributed by atoms with Crippen molar-refractivity contribution in [1.82, 2.24) is 14.9 Å². The molecule has 1 aliphatic heterocycles. The smallest absolute Gasteiger partial charge is 0.109 e. The summed E-state index contributed by atoms with van der Waals surface area (Å²) in [6.07, 6.45) is 4.40. The fourth-order valence-corrected chi connectivity index (χ4v) is 2.11. The third-order valence-corrected chi connectivity index (χ3v) is 2.86. The molecule has 0 saturated carbocycles. The fourth-order valence-electron chi connectivity index (χ4n) is 2.11. The molecule has 2 heterocycles. The molecule has 0 amide bonds. The molecule has 1 N–H and O–H groups in total. The highest BCUT2D eigenvalue weighted by atomic mass is 15.1. The van der Waals surface area contributed by atoms with Gasteiger partial charge in [0, 0.05) is 24.9 Å². The largest absolute Gasteiger partial charge is 0.332 e. The Balaban J connectivity index is 2.11. The minimum atomic E-state index is 0.777. The van der Waals surface area contributed by atoms with Gasteiger partial charge in [-0.15, -0.1) is 0 Å². The van der Waals surface area contributed by atoms with Gasteiger partial charge in [0.2, 0.25) is 0 Å². The molecule has 1 aliphatic rings. The molecular weight excluding hydrogens is 162 g/mol. The molecule has 2 rings (SSSR count). The van der Waals surface area contributed by atoms with Crippen molar-refractivity contribution >= 4 is 0 Å². The molecular formula is C10H17N3. The number of hydrogen-bond acceptors (Lipinski definition) is 2. The summed E-state index contributed by atoms with van der Waals surface area (Å²) in [7, 11) is 2.02. The van der Waals surface area contributed by atoms with Crippen molar-refractivity contribution in [3.63, 3.8) is 0 Å². The van der Waals surface area contributed by atoms with Gasteiger partial charge < -0.3 is 9.88 Å². The van der Waals surface area contributed by atoms with Crippen molar-refractivity contribution in [2.24, 2.45) is 5.92 Å². The third-order valence-electron chi connectivity index (χ3n) is 2.86. The lowest BCUT2D eigenvalue weighted by Gasteiger charge is -2.23. The Kier molecular flexibility index (Phi) is 2.36. The average Bonchev–Trinajstić information content (AvgIpc) is 2.48. The fraction of sp³-hybridized carbons (Fsp3) is 0.700. The van der Waals surface area contributed by atoms with E-state index in [4.69, 9.17) is 0 Å². The molecule has 0 spiro atoms. The maximum atomic E-state index is 4.42. The first-order valence-electron chi connectivity index (χ1n) is 4.97. The molecule has 0 aromatic carbocycles. The van der Waals surface area contributed by atoms with Gasteiger partial charge in [-0.25, -0.2) is 4.98 Å². The number of rotatable bonds is 2. The molecule has 0 aliphatic carbocycles. The van der Waals surface area contributed by atoms with Crippen molar-refractivity contribution in [3.05, 3.63) is 17.7 Å². The van der Waals surface area contributed by atoms with Gasteiger partial charge in [-0.2, -0.15) is 0 Å². The maximum Gasteiger partial charge on any atom is 0.109 e. The van der Waals surface area contributed by atoms with Gasteiger partial charge in [0.15, 0.2) is 0 Å². The first-order chi connectivity index (χ1) is 6.31. The molecule has 0 bridgehead atoms. The predicted octanol–water partition coefficient (Wildman–Crippen LogP) is 0.973. The predicted molar refractivity (Wildman–Crippen MR) is 52.7 cm³/mol. The van der Waals surface area contributed by atoms with E-state index in [-0.39, 0.29) is 0 Å². The molecule has 13 heavy (non-hydrogen) atoms. The second-order valence-corrected chi connectivity index (χ2v) is 3.88. The Bertz CT molecular complexity index is 290. The second kappa shape index (κ2) is 3.50. The average molecular weight is 179 g/mol. The summed E-state index contributed by atoms with van der Waals surface area (Å²) >= 11 is 0. The van der Waals surface area contributed by atoms with E-state index < -0.39 is 0 Å². The van der Waals surface area contributed by atoms with E-state index in [1.54, 1.807) is 0 Å². The Hall–Kier alpha value is -0.830. The van der Waals surface area contributed by atoms with E-state index in [0.717, 1.165) is 25.4 Å². The minimum absolute atomic E-state index is 0.777. The number of imidazole rings is 1. The van der Waals surface area contributed by atoms with Crippen LogP contribution in [0.1, 0.15) is 17.9 Å². The number of hydrogen-bond donors (Lipinski definition) is 1. The lowest BCUT2D eigenvalue weighted by atomic mass is 9.98. The molecule has 3 nitrogen and oxygen atoms in total. The highest BCUT2D eigenvalue weighted by Gasteiger charge is 2.19. The van der Waals surface area contributed by atoms with Crippen LogP contribution in [0.25, 0.3) is 0 Å². The number of aromatic nitrogens is 2. The molecule has 1 aromatic heterocycles. The topological polar surface area (TPSA) is 29.9 Å². The monoisotopic (exact) mass is 179 g/mol. The van der Waals surface area contributed by atoms with Crippen LogP contribution >= 0.6 is 0 Å². The van der Waals surface area contributed by atoms with Crippen LogP contribution in [0.5, 0.6) is 0 Å². The molecule has 3 heteroatoms. The van der Waals surface area contributed by atoms with Gasteiger partial charge in [0.25, 0.3) is 0 Å². The summed E-state index contributed by atoms with van der Waals surface area (Å²) in [6.45, 7) is 4.40. The van der Waals surface area contributed by atoms with Gasteiger partial charge >= 0.3 is 0 Å². The van der Waals surface area contributed by atoms with E-state index in [1.165, 1.54) is 17.9 Å². The number of nitrogens with zero attached hydrogens (tertiary/aromatic N) is 2. The van der Waals surface area contributed by atoms with Crippen LogP contribution in [0.3, 0.4) is 0 Å². The summed E-state index contributed by atoms with van der Waals surface area (Å²) in [5.74, 6) is 2.04. The Morgan fingerprint density at radius 2 is 2.54 bits per heavy atom. The zero-order valence-corrected chi connectivity index (χ0v) is 8.38. The summed E-state index contributed by atoms with van der Waals surface area (Å²) in [6, 6.07) is 0. The SMILES string of the molecule is CNCC1CCn2c(C)cnc2C1. The van der Waals surface area contributed by atoms with E-state index in [0.29, 0.717) is 0 Å². The van der Waals surface area contributed by atoms with Crippen molar-refractivity contribution in [3.8, 4) is 0 Å². The number of aryl methyl sites for hydroxylation is 1. The highest BCUT2D eigenvalue weighted by molar-refractivity contribution is 5.06. The van der Waals surface area contributed by atoms with Crippen molar-refractivity contribution in [1.29, 1.82) is 0 Å². The van der Waals surface area contributed by atoms with Crippen LogP contribution in [0, 0.1) is 12.8 Å². The summed E-state index contributed by atoms with van der Waals surface area (Å²) in [5.41, 5.74) is 1.30. The first-order valence-corrected chi connectivity index (χ1v) is 4.97. The van der Waals surface area contributed by atoms with Crippen molar-refractivity contribution in [2.45, 2.75) is 26.3 Å². The summed E-state index contributed by atoms with van der Waals surface area (Å²) in [5, 5.41) is 3.24. The zero-order valence-electron chi connectivity index (χ0n) is 8.38. The van der Waals surface area contributed by atoms with Crippen LogP contribution < -0.4 is 5.32 Å². The van der Waals surface area contributed by atoms with Crippen LogP contribution in [0.2, 0.25) is 0 Å². The Labute approximate surface area is 79.2 Å². The van der Waals surface area contributed by atoms with E-state index in [2.05, 4.69) is 21.8 Å². The van der Waals surface area contributed by atoms with Gasteiger partial charge in [0.05, 0.1) is 0 Å². The quantitative estimate of drug-likeness (QED) is 0.733. The number of nitrogens with one attached hydrogen (secondary N) is 1. The third kappa shape index (κ3) is 1.61. The first kappa shape index (κ1) is 8.75. The minimum Gasteiger partial charge on any atom is -0.332 e. The van der Waals surface area contributed by atoms with E-state index in [1.807, 2.05) is 13.2 Å². The second-order valence-electron chi connectivity index (χ2n) is 3.88. The van der Waals surface area contributed by atoms with Gasteiger partial charge in [-0.1, -0.05) is 0 Å². The van der Waals surface area contributed by atoms with Crippen LogP contribution in [0.15, 0.2) is 6.20 Å². The van der Waals surface area contributed by atoms with Crippen molar-refractivity contribution < 1.29 is 0 Å². The van der Waals surface area contributed by atoms with Crippen molar-refractivity contribution in [2.75, 3.05) is 13.6 Å². The zero-order chi connectivity index (χ0) is 9.26. The molecule has 0 fully saturated rings. The lowest BCUT2D eigenvalue weighted by Crippen LogP contribution is -2.27. The standard InChI is InChI=1S/C10H17N3/c1-8-6-12-10-5-9(7-11-2)3-4-13(8)10/h6,9,11H,3-5,7H2,1-2H3. The van der Waals surface area contributed by atoms with Crippen LogP contribution in [-0.4, -0.2) is 23.1 Å². The van der Waals surface area contributed by atoms with Gasteiger partial charge in [-0.05, 0) is 32.9 Å². The lowest BCUT2D eigenvalue weighted by molar-refractivity contribution is 0.369. The molecule has 72 valence electrons. The Morgan fingerprint density at radius 3 is 3.31 bits per heavy atom. The summed E-state index contributed by atoms with van der Waals surface area (Å²) < 4.78 is 2.34. The van der Waals surface area contributed by atoms with Crippen LogP contribution in [0.4, 0.5) is 0 Å². The normalized spacial score (nSPS) is 21.5.